The molecule has 0 aliphatic carbocycles. The fourth-order valence-corrected chi connectivity index (χ4v) is 3.14. The molecule has 1 aromatic rings. The summed E-state index contributed by atoms with van der Waals surface area (Å²) in [5, 5.41) is 3.40. The van der Waals surface area contributed by atoms with Gasteiger partial charge in [0.05, 0.1) is 6.61 Å². The van der Waals surface area contributed by atoms with E-state index in [2.05, 4.69) is 17.4 Å². The van der Waals surface area contributed by atoms with Gasteiger partial charge in [-0.3, -0.25) is 0 Å². The number of nitrogen functional groups attached to an aromatic ring is 1. The largest absolute Gasteiger partial charge is 0.487 e. The molecule has 1 aromatic carbocycles. The van der Waals surface area contributed by atoms with Crippen molar-refractivity contribution in [2.75, 3.05) is 25.9 Å². The van der Waals surface area contributed by atoms with E-state index in [-0.39, 0.29) is 5.60 Å². The van der Waals surface area contributed by atoms with Crippen LogP contribution >= 0.6 is 0 Å². The molecule has 0 bridgehead atoms. The molecule has 2 aliphatic heterocycles. The van der Waals surface area contributed by atoms with Gasteiger partial charge < -0.3 is 20.5 Å². The lowest BCUT2D eigenvalue weighted by molar-refractivity contribution is 0.0168. The molecule has 0 saturated carbocycles. The molecule has 4 heteroatoms. The van der Waals surface area contributed by atoms with Crippen LogP contribution in [0.25, 0.3) is 0 Å². The molecule has 2 heterocycles. The van der Waals surface area contributed by atoms with Crippen molar-refractivity contribution in [1.29, 1.82) is 0 Å². The van der Waals surface area contributed by atoms with Crippen LogP contribution in [0.5, 0.6) is 5.75 Å². The van der Waals surface area contributed by atoms with Crippen LogP contribution in [0, 0.1) is 0 Å². The molecular formula is C15H22N2O2. The third kappa shape index (κ3) is 2.42. The van der Waals surface area contributed by atoms with E-state index in [1.54, 1.807) is 7.11 Å². The maximum atomic E-state index is 6.35. The van der Waals surface area contributed by atoms with E-state index >= 15 is 0 Å². The first-order valence-electron chi connectivity index (χ1n) is 7.02. The molecule has 3 rings (SSSR count). The van der Waals surface area contributed by atoms with Gasteiger partial charge in [-0.25, -0.2) is 0 Å². The molecule has 19 heavy (non-hydrogen) atoms. The summed E-state index contributed by atoms with van der Waals surface area (Å²) in [7, 11) is 1.69. The maximum Gasteiger partial charge on any atom is 0.123 e. The Hall–Kier alpha value is -1.26. The Labute approximate surface area is 114 Å². The molecule has 104 valence electrons. The predicted molar refractivity (Wildman–Crippen MR) is 75.4 cm³/mol. The van der Waals surface area contributed by atoms with Gasteiger partial charge in [0.15, 0.2) is 0 Å². The van der Waals surface area contributed by atoms with Gasteiger partial charge in [0.1, 0.15) is 11.4 Å². The number of fused-ring (bicyclic) bond motifs is 1. The number of hydrogen-bond donors (Lipinski definition) is 2. The summed E-state index contributed by atoms with van der Waals surface area (Å²) in [5.41, 5.74) is 9.16. The molecule has 0 aromatic heterocycles. The van der Waals surface area contributed by atoms with Gasteiger partial charge in [0, 0.05) is 18.4 Å². The third-order valence-corrected chi connectivity index (χ3v) is 4.31. The zero-order chi connectivity index (χ0) is 13.3. The Morgan fingerprint density at radius 3 is 2.84 bits per heavy atom. The zero-order valence-electron chi connectivity index (χ0n) is 11.5. The highest BCUT2D eigenvalue weighted by Crippen LogP contribution is 2.40. The number of rotatable bonds is 2. The fourth-order valence-electron chi connectivity index (χ4n) is 3.14. The van der Waals surface area contributed by atoms with Gasteiger partial charge in [-0.2, -0.15) is 0 Å². The maximum absolute atomic E-state index is 6.35. The average molecular weight is 262 g/mol. The molecule has 4 nitrogen and oxygen atoms in total. The standard InChI is InChI=1S/C15H22N2O2/c1-18-10-12-9-14-11(8-13(12)16)2-3-15(19-14)4-6-17-7-5-15/h8-9,17H,2-7,10,16H2,1H3. The van der Waals surface area contributed by atoms with Crippen molar-refractivity contribution in [2.45, 2.75) is 37.9 Å². The molecule has 1 fully saturated rings. The van der Waals surface area contributed by atoms with Gasteiger partial charge in [0.25, 0.3) is 0 Å². The molecule has 2 aliphatic rings. The number of aryl methyl sites for hydroxylation is 1. The minimum absolute atomic E-state index is 0.0404. The van der Waals surface area contributed by atoms with Gasteiger partial charge in [-0.05, 0) is 56.5 Å². The van der Waals surface area contributed by atoms with Gasteiger partial charge in [0.2, 0.25) is 0 Å². The van der Waals surface area contributed by atoms with E-state index in [9.17, 15) is 0 Å². The topological polar surface area (TPSA) is 56.5 Å². The Bertz CT molecular complexity index is 467. The van der Waals surface area contributed by atoms with Crippen molar-refractivity contribution >= 4 is 5.69 Å². The minimum Gasteiger partial charge on any atom is -0.487 e. The first-order chi connectivity index (χ1) is 9.22. The predicted octanol–water partition coefficient (Wildman–Crippen LogP) is 1.86. The highest BCUT2D eigenvalue weighted by molar-refractivity contribution is 5.55. The van der Waals surface area contributed by atoms with Gasteiger partial charge in [-0.1, -0.05) is 0 Å². The summed E-state index contributed by atoms with van der Waals surface area (Å²) >= 11 is 0. The summed E-state index contributed by atoms with van der Waals surface area (Å²) in [6, 6.07) is 4.12. The Balaban J connectivity index is 1.88. The van der Waals surface area contributed by atoms with Crippen molar-refractivity contribution < 1.29 is 9.47 Å². The number of methoxy groups -OCH3 is 1. The second kappa shape index (κ2) is 5.02. The molecule has 0 unspecified atom stereocenters. The van der Waals surface area contributed by atoms with Crippen LogP contribution in [0.15, 0.2) is 12.1 Å². The second-order valence-corrected chi connectivity index (χ2v) is 5.63. The van der Waals surface area contributed by atoms with Crippen LogP contribution in [0.3, 0.4) is 0 Å². The molecule has 0 amide bonds. The minimum atomic E-state index is 0.0404. The number of benzene rings is 1. The smallest absolute Gasteiger partial charge is 0.123 e. The number of nitrogens with two attached hydrogens (primary N) is 1. The number of nitrogens with one attached hydrogen (secondary N) is 1. The van der Waals surface area contributed by atoms with Crippen LogP contribution in [0.1, 0.15) is 30.4 Å². The van der Waals surface area contributed by atoms with E-state index in [1.165, 1.54) is 5.56 Å². The summed E-state index contributed by atoms with van der Waals surface area (Å²) < 4.78 is 11.5. The fraction of sp³-hybridized carbons (Fsp3) is 0.600. The first kappa shape index (κ1) is 12.8. The van der Waals surface area contributed by atoms with Crippen LogP contribution in [-0.2, 0) is 17.8 Å². The number of piperidine rings is 1. The second-order valence-electron chi connectivity index (χ2n) is 5.63. The lowest BCUT2D eigenvalue weighted by Crippen LogP contribution is -2.48. The van der Waals surface area contributed by atoms with E-state index in [4.69, 9.17) is 15.2 Å². The summed E-state index contributed by atoms with van der Waals surface area (Å²) in [6.45, 7) is 2.64. The quantitative estimate of drug-likeness (QED) is 0.799. The van der Waals surface area contributed by atoms with Crippen LogP contribution in [0.4, 0.5) is 5.69 Å². The van der Waals surface area contributed by atoms with Crippen LogP contribution < -0.4 is 15.8 Å². The van der Waals surface area contributed by atoms with Gasteiger partial charge in [-0.15, -0.1) is 0 Å². The van der Waals surface area contributed by atoms with Crippen molar-refractivity contribution in [3.05, 3.63) is 23.3 Å². The molecular weight excluding hydrogens is 240 g/mol. The highest BCUT2D eigenvalue weighted by Gasteiger charge is 2.37. The van der Waals surface area contributed by atoms with Crippen molar-refractivity contribution in [1.82, 2.24) is 5.32 Å². The van der Waals surface area contributed by atoms with Crippen LogP contribution in [0.2, 0.25) is 0 Å². The van der Waals surface area contributed by atoms with Crippen molar-refractivity contribution in [3.8, 4) is 5.75 Å². The summed E-state index contributed by atoms with van der Waals surface area (Å²) in [5.74, 6) is 1.01. The summed E-state index contributed by atoms with van der Waals surface area (Å²) in [6.07, 6.45) is 4.35. The van der Waals surface area contributed by atoms with E-state index in [1.807, 2.05) is 0 Å². The van der Waals surface area contributed by atoms with Crippen molar-refractivity contribution in [3.63, 3.8) is 0 Å². The highest BCUT2D eigenvalue weighted by atomic mass is 16.5. The zero-order valence-corrected chi connectivity index (χ0v) is 11.5. The van der Waals surface area contributed by atoms with Crippen LogP contribution in [-0.4, -0.2) is 25.8 Å². The van der Waals surface area contributed by atoms with E-state index < -0.39 is 0 Å². The van der Waals surface area contributed by atoms with E-state index in [0.29, 0.717) is 6.61 Å². The molecule has 0 atom stereocenters. The Kier molecular flexibility index (Phi) is 3.37. The molecule has 0 radical (unpaired) electrons. The van der Waals surface area contributed by atoms with Gasteiger partial charge >= 0.3 is 0 Å². The van der Waals surface area contributed by atoms with Crippen molar-refractivity contribution in [2.24, 2.45) is 0 Å². The molecule has 1 spiro atoms. The lowest BCUT2D eigenvalue weighted by Gasteiger charge is -2.42. The number of anilines is 1. The Morgan fingerprint density at radius 2 is 2.11 bits per heavy atom. The monoisotopic (exact) mass is 262 g/mol. The average Bonchev–Trinajstić information content (AvgIpc) is 2.42. The SMILES string of the molecule is COCc1cc2c(cc1N)CCC1(CCNCC1)O2. The Morgan fingerprint density at radius 1 is 1.32 bits per heavy atom. The number of hydrogen-bond acceptors (Lipinski definition) is 4. The normalized spacial score (nSPS) is 20.9. The summed E-state index contributed by atoms with van der Waals surface area (Å²) in [4.78, 5) is 0. The first-order valence-corrected chi connectivity index (χ1v) is 7.02. The van der Waals surface area contributed by atoms with E-state index in [0.717, 1.165) is 55.8 Å². The third-order valence-electron chi connectivity index (χ3n) is 4.31. The number of ether oxygens (including phenoxy) is 2. The molecule has 3 N–H and O–H groups in total. The molecule has 1 saturated heterocycles. The lowest BCUT2D eigenvalue weighted by atomic mass is 9.83.